The van der Waals surface area contributed by atoms with E-state index in [2.05, 4.69) is 18.8 Å². The number of aromatic nitrogens is 1. The molecule has 2 aromatic carbocycles. The van der Waals surface area contributed by atoms with Crippen LogP contribution in [0.25, 0.3) is 5.76 Å². The average molecular weight is 457 g/mol. The monoisotopic (exact) mass is 456 g/mol. The molecule has 6 nitrogen and oxygen atoms in total. The van der Waals surface area contributed by atoms with Gasteiger partial charge in [0.2, 0.25) is 0 Å². The summed E-state index contributed by atoms with van der Waals surface area (Å²) in [5.74, 6) is -0.642. The Morgan fingerprint density at radius 1 is 1.09 bits per heavy atom. The number of benzene rings is 2. The molecule has 4 rings (SSSR count). The quantitative estimate of drug-likeness (QED) is 0.299. The van der Waals surface area contributed by atoms with Crippen LogP contribution in [0.3, 0.4) is 0 Å². The van der Waals surface area contributed by atoms with Crippen molar-refractivity contribution < 1.29 is 19.4 Å². The first kappa shape index (κ1) is 23.2. The van der Waals surface area contributed by atoms with Crippen molar-refractivity contribution in [2.24, 2.45) is 0 Å². The summed E-state index contributed by atoms with van der Waals surface area (Å²) in [7, 11) is 0. The van der Waals surface area contributed by atoms with E-state index in [1.54, 1.807) is 42.6 Å². The van der Waals surface area contributed by atoms with Gasteiger partial charge >= 0.3 is 0 Å². The first-order valence-electron chi connectivity index (χ1n) is 11.4. The fourth-order valence-corrected chi connectivity index (χ4v) is 4.21. The lowest BCUT2D eigenvalue weighted by molar-refractivity contribution is -0.132. The SMILES string of the molecule is CCOc1ccc(/C(O)=C2/C(=O)C(=O)N(c3ccc(C(C)C)cc3)C2c2ccccn2)cc1C. The van der Waals surface area contributed by atoms with Crippen LogP contribution in [-0.4, -0.2) is 28.4 Å². The molecular weight excluding hydrogens is 428 g/mol. The molecule has 1 fully saturated rings. The lowest BCUT2D eigenvalue weighted by Gasteiger charge is -2.25. The summed E-state index contributed by atoms with van der Waals surface area (Å²) >= 11 is 0. The fourth-order valence-electron chi connectivity index (χ4n) is 4.21. The van der Waals surface area contributed by atoms with Crippen LogP contribution >= 0.6 is 0 Å². The maximum atomic E-state index is 13.3. The van der Waals surface area contributed by atoms with Crippen LogP contribution in [0.15, 0.2) is 72.4 Å². The number of anilines is 1. The molecular formula is C28H28N2O4. The van der Waals surface area contributed by atoms with Crippen molar-refractivity contribution in [1.82, 2.24) is 4.98 Å². The van der Waals surface area contributed by atoms with Gasteiger partial charge in [-0.2, -0.15) is 0 Å². The van der Waals surface area contributed by atoms with E-state index < -0.39 is 17.7 Å². The molecule has 6 heteroatoms. The Hall–Kier alpha value is -3.93. The zero-order valence-electron chi connectivity index (χ0n) is 19.8. The highest BCUT2D eigenvalue weighted by Crippen LogP contribution is 2.42. The highest BCUT2D eigenvalue weighted by atomic mass is 16.5. The summed E-state index contributed by atoms with van der Waals surface area (Å²) in [4.78, 5) is 32.3. The van der Waals surface area contributed by atoms with Crippen LogP contribution < -0.4 is 9.64 Å². The summed E-state index contributed by atoms with van der Waals surface area (Å²) in [5, 5.41) is 11.3. The van der Waals surface area contributed by atoms with Gasteiger partial charge in [-0.1, -0.05) is 32.0 Å². The van der Waals surface area contributed by atoms with Crippen LogP contribution in [0.2, 0.25) is 0 Å². The molecule has 1 saturated heterocycles. The fraction of sp³-hybridized carbons (Fsp3) is 0.250. The van der Waals surface area contributed by atoms with Gasteiger partial charge in [-0.15, -0.1) is 0 Å². The molecule has 0 saturated carbocycles. The van der Waals surface area contributed by atoms with E-state index in [1.807, 2.05) is 38.1 Å². The number of carbonyl (C=O) groups excluding carboxylic acids is 2. The summed E-state index contributed by atoms with van der Waals surface area (Å²) in [6.45, 7) is 8.47. The maximum Gasteiger partial charge on any atom is 0.300 e. The van der Waals surface area contributed by atoms with Crippen LogP contribution in [0.1, 0.15) is 55.1 Å². The zero-order valence-corrected chi connectivity index (χ0v) is 19.8. The second-order valence-corrected chi connectivity index (χ2v) is 8.58. The minimum absolute atomic E-state index is 0.0141. The lowest BCUT2D eigenvalue weighted by atomic mass is 9.97. The Balaban J connectivity index is 1.87. The number of ketones is 1. The Labute approximate surface area is 199 Å². The number of rotatable bonds is 6. The van der Waals surface area contributed by atoms with Crippen molar-refractivity contribution in [3.05, 3.63) is 94.8 Å². The topological polar surface area (TPSA) is 79.7 Å². The number of ether oxygens (including phenoxy) is 1. The third-order valence-electron chi connectivity index (χ3n) is 6.00. The van der Waals surface area contributed by atoms with Crippen molar-refractivity contribution in [3.63, 3.8) is 0 Å². The van der Waals surface area contributed by atoms with Crippen molar-refractivity contribution in [1.29, 1.82) is 0 Å². The number of hydrogen-bond acceptors (Lipinski definition) is 5. The lowest BCUT2D eigenvalue weighted by Crippen LogP contribution is -2.29. The molecule has 3 aromatic rings. The molecule has 1 N–H and O–H groups in total. The van der Waals surface area contributed by atoms with Gasteiger partial charge in [0.15, 0.2) is 0 Å². The molecule has 1 aliphatic rings. The van der Waals surface area contributed by atoms with E-state index in [0.717, 1.165) is 11.1 Å². The number of aliphatic hydroxyl groups is 1. The molecule has 0 aliphatic carbocycles. The van der Waals surface area contributed by atoms with Gasteiger partial charge in [0, 0.05) is 17.4 Å². The third kappa shape index (κ3) is 4.19. The molecule has 34 heavy (non-hydrogen) atoms. The number of Topliss-reactive ketones (excluding diaryl/α,β-unsaturated/α-hetero) is 1. The molecule has 1 aliphatic heterocycles. The molecule has 1 atom stereocenters. The second kappa shape index (κ2) is 9.51. The molecule has 0 radical (unpaired) electrons. The number of aryl methyl sites for hydroxylation is 1. The molecule has 0 bridgehead atoms. The standard InChI is InChI=1S/C28H28N2O4/c1-5-34-23-14-11-20(16-18(23)4)26(31)24-25(22-8-6-7-15-29-22)30(28(33)27(24)32)21-12-9-19(10-13-21)17(2)3/h6-17,25,31H,5H2,1-4H3/b26-24-. The zero-order chi connectivity index (χ0) is 24.4. The summed E-state index contributed by atoms with van der Waals surface area (Å²) in [6.07, 6.45) is 1.61. The molecule has 174 valence electrons. The van der Waals surface area contributed by atoms with E-state index >= 15 is 0 Å². The van der Waals surface area contributed by atoms with E-state index in [1.165, 1.54) is 4.90 Å². The van der Waals surface area contributed by atoms with Gasteiger partial charge in [-0.3, -0.25) is 19.5 Å². The van der Waals surface area contributed by atoms with Crippen molar-refractivity contribution >= 4 is 23.1 Å². The van der Waals surface area contributed by atoms with Crippen molar-refractivity contribution in [2.75, 3.05) is 11.5 Å². The Morgan fingerprint density at radius 3 is 2.41 bits per heavy atom. The number of amides is 1. The highest BCUT2D eigenvalue weighted by molar-refractivity contribution is 6.51. The highest BCUT2D eigenvalue weighted by Gasteiger charge is 2.47. The summed E-state index contributed by atoms with van der Waals surface area (Å²) in [5.41, 5.74) is 3.47. The first-order valence-corrected chi connectivity index (χ1v) is 11.4. The van der Waals surface area contributed by atoms with Gasteiger partial charge in [-0.25, -0.2) is 0 Å². The minimum Gasteiger partial charge on any atom is -0.507 e. The summed E-state index contributed by atoms with van der Waals surface area (Å²) in [6, 6.07) is 17.2. The predicted molar refractivity (Wildman–Crippen MR) is 132 cm³/mol. The molecule has 1 aromatic heterocycles. The Kier molecular flexibility index (Phi) is 6.50. The number of nitrogens with zero attached hydrogens (tertiary/aromatic N) is 2. The predicted octanol–water partition coefficient (Wildman–Crippen LogP) is 5.54. The van der Waals surface area contributed by atoms with E-state index in [0.29, 0.717) is 35.2 Å². The molecule has 2 heterocycles. The second-order valence-electron chi connectivity index (χ2n) is 8.58. The first-order chi connectivity index (χ1) is 16.3. The van der Waals surface area contributed by atoms with Crippen LogP contribution in [0, 0.1) is 6.92 Å². The van der Waals surface area contributed by atoms with Crippen LogP contribution in [0.5, 0.6) is 5.75 Å². The van der Waals surface area contributed by atoms with Gasteiger partial charge in [0.25, 0.3) is 11.7 Å². The largest absolute Gasteiger partial charge is 0.507 e. The van der Waals surface area contributed by atoms with E-state index in [-0.39, 0.29) is 11.3 Å². The summed E-state index contributed by atoms with van der Waals surface area (Å²) < 4.78 is 5.59. The number of aliphatic hydroxyl groups excluding tert-OH is 1. The number of carbonyl (C=O) groups is 2. The third-order valence-corrected chi connectivity index (χ3v) is 6.00. The van der Waals surface area contributed by atoms with Gasteiger partial charge in [0.05, 0.1) is 17.9 Å². The molecule has 1 amide bonds. The number of hydrogen-bond donors (Lipinski definition) is 1. The average Bonchev–Trinajstić information content (AvgIpc) is 3.11. The van der Waals surface area contributed by atoms with Crippen LogP contribution in [-0.2, 0) is 9.59 Å². The number of pyridine rings is 1. The molecule has 0 spiro atoms. The minimum atomic E-state index is -0.849. The van der Waals surface area contributed by atoms with Crippen molar-refractivity contribution in [2.45, 2.75) is 39.7 Å². The van der Waals surface area contributed by atoms with E-state index in [4.69, 9.17) is 4.74 Å². The molecule has 1 unspecified atom stereocenters. The van der Waals surface area contributed by atoms with Crippen molar-refractivity contribution in [3.8, 4) is 5.75 Å². The van der Waals surface area contributed by atoms with E-state index in [9.17, 15) is 14.7 Å². The maximum absolute atomic E-state index is 13.3. The smallest absolute Gasteiger partial charge is 0.300 e. The van der Waals surface area contributed by atoms with Gasteiger partial charge < -0.3 is 9.84 Å². The Bertz CT molecular complexity index is 1250. The normalized spacial score (nSPS) is 17.4. The van der Waals surface area contributed by atoms with Gasteiger partial charge in [0.1, 0.15) is 17.6 Å². The Morgan fingerprint density at radius 2 is 1.82 bits per heavy atom. The van der Waals surface area contributed by atoms with Gasteiger partial charge in [-0.05, 0) is 73.4 Å². The van der Waals surface area contributed by atoms with Crippen LogP contribution in [0.4, 0.5) is 5.69 Å².